The molecule has 0 bridgehead atoms. The fraction of sp³-hybridized carbons (Fsp3) is 0.350. The molecule has 0 saturated heterocycles. The lowest BCUT2D eigenvalue weighted by atomic mass is 10.1. The molecule has 0 saturated carbocycles. The van der Waals surface area contributed by atoms with Crippen LogP contribution in [0.2, 0.25) is 0 Å². The number of carbonyl (C=O) groups is 1. The topological polar surface area (TPSA) is 66.5 Å². The molecule has 5 nitrogen and oxygen atoms in total. The molecule has 9 heteroatoms. The van der Waals surface area contributed by atoms with E-state index in [0.717, 1.165) is 33.8 Å². The Labute approximate surface area is 168 Å². The number of anilines is 2. The Hall–Kier alpha value is -2.55. The molecule has 0 aliphatic carbocycles. The van der Waals surface area contributed by atoms with Crippen LogP contribution in [-0.2, 0) is 21.0 Å². The Balaban J connectivity index is 2.48. The van der Waals surface area contributed by atoms with E-state index in [-0.39, 0.29) is 12.1 Å². The van der Waals surface area contributed by atoms with Gasteiger partial charge < -0.3 is 5.32 Å². The number of alkyl halides is 3. The first-order valence-corrected chi connectivity index (χ1v) is 10.7. The van der Waals surface area contributed by atoms with Crippen molar-refractivity contribution in [2.45, 2.75) is 39.4 Å². The normalized spacial score (nSPS) is 13.1. The molecule has 0 fully saturated rings. The highest BCUT2D eigenvalue weighted by Gasteiger charge is 2.36. The van der Waals surface area contributed by atoms with Gasteiger partial charge in [0, 0.05) is 0 Å². The fourth-order valence-electron chi connectivity index (χ4n) is 3.19. The van der Waals surface area contributed by atoms with E-state index in [1.54, 1.807) is 32.9 Å². The van der Waals surface area contributed by atoms with Crippen LogP contribution >= 0.6 is 0 Å². The lowest BCUT2D eigenvalue weighted by Crippen LogP contribution is -2.47. The summed E-state index contributed by atoms with van der Waals surface area (Å²) in [6.45, 7) is 5.18. The molecule has 0 aromatic heterocycles. The quantitative estimate of drug-likeness (QED) is 0.737. The summed E-state index contributed by atoms with van der Waals surface area (Å²) in [6, 6.07) is 8.45. The van der Waals surface area contributed by atoms with Gasteiger partial charge in [-0.1, -0.05) is 25.1 Å². The zero-order valence-electron chi connectivity index (χ0n) is 16.5. The molecular weight excluding hydrogens is 405 g/mol. The average molecular weight is 428 g/mol. The zero-order valence-corrected chi connectivity index (χ0v) is 17.4. The van der Waals surface area contributed by atoms with E-state index in [9.17, 15) is 26.4 Å². The number of nitrogens with one attached hydrogen (secondary N) is 1. The van der Waals surface area contributed by atoms with Gasteiger partial charge in [0.05, 0.1) is 23.2 Å². The molecule has 1 atom stereocenters. The number of hydrogen-bond donors (Lipinski definition) is 1. The number of nitrogens with zero attached hydrogens (tertiary/aromatic N) is 1. The van der Waals surface area contributed by atoms with Gasteiger partial charge in [0.15, 0.2) is 0 Å². The van der Waals surface area contributed by atoms with Crippen LogP contribution in [0.3, 0.4) is 0 Å². The molecule has 0 aliphatic rings. The molecule has 2 rings (SSSR count). The number of sulfonamides is 1. The Morgan fingerprint density at radius 2 is 1.66 bits per heavy atom. The monoisotopic (exact) mass is 428 g/mol. The van der Waals surface area contributed by atoms with Gasteiger partial charge in [-0.15, -0.1) is 0 Å². The van der Waals surface area contributed by atoms with Crippen LogP contribution in [0.25, 0.3) is 0 Å². The Kier molecular flexibility index (Phi) is 6.62. The second kappa shape index (κ2) is 8.44. The van der Waals surface area contributed by atoms with E-state index in [4.69, 9.17) is 0 Å². The molecule has 1 unspecified atom stereocenters. The van der Waals surface area contributed by atoms with Crippen LogP contribution < -0.4 is 9.62 Å². The minimum absolute atomic E-state index is 0.0695. The van der Waals surface area contributed by atoms with Crippen LogP contribution in [0, 0.1) is 13.8 Å². The third kappa shape index (κ3) is 5.50. The van der Waals surface area contributed by atoms with Crippen LogP contribution in [0.1, 0.15) is 30.0 Å². The van der Waals surface area contributed by atoms with Crippen LogP contribution in [0.15, 0.2) is 42.5 Å². The van der Waals surface area contributed by atoms with E-state index in [2.05, 4.69) is 5.32 Å². The molecule has 0 heterocycles. The third-order valence-corrected chi connectivity index (χ3v) is 5.46. The maximum Gasteiger partial charge on any atom is 0.418 e. The summed E-state index contributed by atoms with van der Waals surface area (Å²) < 4.78 is 65.6. The Morgan fingerprint density at radius 1 is 1.10 bits per heavy atom. The predicted molar refractivity (Wildman–Crippen MR) is 107 cm³/mol. The maximum atomic E-state index is 13.2. The number of rotatable bonds is 6. The molecule has 0 radical (unpaired) electrons. The van der Waals surface area contributed by atoms with Crippen molar-refractivity contribution in [2.75, 3.05) is 15.9 Å². The number of amides is 1. The van der Waals surface area contributed by atoms with Crippen molar-refractivity contribution >= 4 is 27.3 Å². The fourth-order valence-corrected chi connectivity index (χ4v) is 4.39. The highest BCUT2D eigenvalue weighted by atomic mass is 32.2. The Bertz CT molecular complexity index is 984. The molecule has 0 aliphatic heterocycles. The molecule has 2 aromatic rings. The number of halogens is 3. The summed E-state index contributed by atoms with van der Waals surface area (Å²) in [7, 11) is -3.89. The van der Waals surface area contributed by atoms with Crippen LogP contribution in [-0.4, -0.2) is 26.6 Å². The van der Waals surface area contributed by atoms with E-state index < -0.39 is 39.4 Å². The first-order chi connectivity index (χ1) is 13.3. The number of aryl methyl sites for hydroxylation is 2. The second-order valence-corrected chi connectivity index (χ2v) is 8.72. The number of carbonyl (C=O) groups excluding carboxylic acids is 1. The van der Waals surface area contributed by atoms with Gasteiger partial charge in [0.2, 0.25) is 15.9 Å². The first-order valence-electron chi connectivity index (χ1n) is 8.89. The summed E-state index contributed by atoms with van der Waals surface area (Å²) >= 11 is 0. The lowest BCUT2D eigenvalue weighted by molar-refractivity contribution is -0.137. The van der Waals surface area contributed by atoms with Crippen LogP contribution in [0.5, 0.6) is 0 Å². The van der Waals surface area contributed by atoms with E-state index in [0.29, 0.717) is 0 Å². The summed E-state index contributed by atoms with van der Waals surface area (Å²) in [4.78, 5) is 12.9. The molecular formula is C20H23F3N2O3S. The summed E-state index contributed by atoms with van der Waals surface area (Å²) in [5, 5.41) is 2.25. The third-order valence-electron chi connectivity index (χ3n) is 4.28. The van der Waals surface area contributed by atoms with Gasteiger partial charge in [0.1, 0.15) is 6.04 Å². The van der Waals surface area contributed by atoms with E-state index in [1.807, 2.05) is 6.07 Å². The number of para-hydroxylation sites is 1. The zero-order chi connectivity index (χ0) is 22.0. The minimum atomic E-state index is -4.66. The van der Waals surface area contributed by atoms with Crippen molar-refractivity contribution in [3.05, 3.63) is 59.2 Å². The molecule has 1 amide bonds. The van der Waals surface area contributed by atoms with Crippen molar-refractivity contribution in [1.82, 2.24) is 0 Å². The van der Waals surface area contributed by atoms with Crippen molar-refractivity contribution in [2.24, 2.45) is 0 Å². The molecule has 158 valence electrons. The Morgan fingerprint density at radius 3 is 2.14 bits per heavy atom. The van der Waals surface area contributed by atoms with Gasteiger partial charge in [0.25, 0.3) is 0 Å². The summed E-state index contributed by atoms with van der Waals surface area (Å²) in [6.07, 6.45) is -3.62. The first kappa shape index (κ1) is 22.7. The summed E-state index contributed by atoms with van der Waals surface area (Å²) in [5.74, 6) is -0.839. The molecule has 1 N–H and O–H groups in total. The van der Waals surface area contributed by atoms with Crippen LogP contribution in [0.4, 0.5) is 24.5 Å². The van der Waals surface area contributed by atoms with Crippen molar-refractivity contribution in [3.8, 4) is 0 Å². The average Bonchev–Trinajstić information content (AvgIpc) is 2.56. The number of benzene rings is 2. The predicted octanol–water partition coefficient (Wildman–Crippen LogP) is 4.51. The van der Waals surface area contributed by atoms with Gasteiger partial charge in [-0.05, 0) is 55.7 Å². The smallest absolute Gasteiger partial charge is 0.324 e. The standard InChI is InChI=1S/C20H23F3N2O3S/c1-5-18(19(26)24-17-9-7-6-8-16(17)20(21,22)23)25(29(4,27)28)15-11-13(2)10-14(3)12-15/h6-12,18H,5H2,1-4H3,(H,24,26). The highest BCUT2D eigenvalue weighted by Crippen LogP contribution is 2.35. The van der Waals surface area contributed by atoms with Gasteiger partial charge in [-0.3, -0.25) is 9.10 Å². The van der Waals surface area contributed by atoms with Crippen molar-refractivity contribution in [3.63, 3.8) is 0 Å². The molecule has 0 spiro atoms. The van der Waals surface area contributed by atoms with Gasteiger partial charge in [-0.25, -0.2) is 8.42 Å². The highest BCUT2D eigenvalue weighted by molar-refractivity contribution is 7.92. The minimum Gasteiger partial charge on any atom is -0.324 e. The maximum absolute atomic E-state index is 13.2. The lowest BCUT2D eigenvalue weighted by Gasteiger charge is -2.31. The number of hydrogen-bond acceptors (Lipinski definition) is 3. The second-order valence-electron chi connectivity index (χ2n) is 6.86. The van der Waals surface area contributed by atoms with E-state index in [1.165, 1.54) is 12.1 Å². The molecule has 29 heavy (non-hydrogen) atoms. The van der Waals surface area contributed by atoms with E-state index >= 15 is 0 Å². The largest absolute Gasteiger partial charge is 0.418 e. The van der Waals surface area contributed by atoms with Crippen molar-refractivity contribution in [1.29, 1.82) is 0 Å². The summed E-state index contributed by atoms with van der Waals surface area (Å²) in [5.41, 5.74) is 0.464. The van der Waals surface area contributed by atoms with Crippen molar-refractivity contribution < 1.29 is 26.4 Å². The SMILES string of the molecule is CCC(C(=O)Nc1ccccc1C(F)(F)F)N(c1cc(C)cc(C)c1)S(C)(=O)=O. The van der Waals surface area contributed by atoms with Gasteiger partial charge >= 0.3 is 6.18 Å². The molecule has 2 aromatic carbocycles. The van der Waals surface area contributed by atoms with Gasteiger partial charge in [-0.2, -0.15) is 13.2 Å².